The Labute approximate surface area is 137 Å². The van der Waals surface area contributed by atoms with Crippen LogP contribution in [0.4, 0.5) is 5.69 Å². The van der Waals surface area contributed by atoms with Gasteiger partial charge in [-0.3, -0.25) is 4.90 Å². The zero-order chi connectivity index (χ0) is 16.1. The molecule has 0 saturated carbocycles. The van der Waals surface area contributed by atoms with E-state index in [1.165, 1.54) is 5.56 Å². The smallest absolute Gasteiger partial charge is 0.161 e. The van der Waals surface area contributed by atoms with Crippen LogP contribution in [0.1, 0.15) is 18.9 Å². The molecule has 0 amide bonds. The van der Waals surface area contributed by atoms with Crippen molar-refractivity contribution >= 4 is 5.69 Å². The van der Waals surface area contributed by atoms with Crippen molar-refractivity contribution < 1.29 is 9.47 Å². The molecule has 23 heavy (non-hydrogen) atoms. The fraction of sp³-hybridized carbons (Fsp3) is 0.368. The van der Waals surface area contributed by atoms with Crippen LogP contribution in [0.3, 0.4) is 0 Å². The minimum Gasteiger partial charge on any atom is -0.486 e. The number of benzene rings is 2. The summed E-state index contributed by atoms with van der Waals surface area (Å²) >= 11 is 0. The molecule has 0 spiro atoms. The summed E-state index contributed by atoms with van der Waals surface area (Å²) in [4.78, 5) is 2.40. The van der Waals surface area contributed by atoms with Gasteiger partial charge in [-0.25, -0.2) is 0 Å². The summed E-state index contributed by atoms with van der Waals surface area (Å²) in [6.45, 7) is 5.53. The van der Waals surface area contributed by atoms with Gasteiger partial charge >= 0.3 is 0 Å². The third kappa shape index (κ3) is 4.17. The van der Waals surface area contributed by atoms with Crippen LogP contribution in [0.15, 0.2) is 48.5 Å². The molecule has 0 fully saturated rings. The van der Waals surface area contributed by atoms with Gasteiger partial charge < -0.3 is 15.2 Å². The lowest BCUT2D eigenvalue weighted by Crippen LogP contribution is -2.41. The highest BCUT2D eigenvalue weighted by atomic mass is 16.6. The summed E-state index contributed by atoms with van der Waals surface area (Å²) in [5.74, 6) is 1.67. The average Bonchev–Trinajstić information content (AvgIpc) is 2.55. The molecule has 1 aliphatic heterocycles. The second kappa shape index (κ2) is 7.38. The molecule has 4 nitrogen and oxygen atoms in total. The predicted molar refractivity (Wildman–Crippen MR) is 92.8 cm³/mol. The Morgan fingerprint density at radius 2 is 1.96 bits per heavy atom. The minimum atomic E-state index is 0.0532. The zero-order valence-corrected chi connectivity index (χ0v) is 13.6. The van der Waals surface area contributed by atoms with Gasteiger partial charge in [-0.05, 0) is 42.8 Å². The molecule has 1 heterocycles. The van der Waals surface area contributed by atoms with E-state index in [9.17, 15) is 0 Å². The van der Waals surface area contributed by atoms with Crippen LogP contribution in [0.5, 0.6) is 11.5 Å². The van der Waals surface area contributed by atoms with Gasteiger partial charge in [0, 0.05) is 18.8 Å². The van der Waals surface area contributed by atoms with Crippen LogP contribution in [0.2, 0.25) is 0 Å². The molecule has 2 aromatic rings. The number of rotatable bonds is 6. The molecule has 2 N–H and O–H groups in total. The molecule has 1 aliphatic rings. The van der Waals surface area contributed by atoms with Gasteiger partial charge in [-0.1, -0.05) is 31.2 Å². The summed E-state index contributed by atoms with van der Waals surface area (Å²) in [7, 11) is 0. The molecule has 0 aromatic heterocycles. The lowest BCUT2D eigenvalue weighted by molar-refractivity contribution is 0.0564. The van der Waals surface area contributed by atoms with Crippen LogP contribution in [0, 0.1) is 0 Å². The standard InChI is InChI=1S/C19H24N2O2/c1-2-10-21(12-15-6-5-7-16(20)11-15)13-17-14-22-18-8-3-4-9-19(18)23-17/h3-9,11,17H,2,10,12-14,20H2,1H3. The topological polar surface area (TPSA) is 47.7 Å². The first-order valence-electron chi connectivity index (χ1n) is 8.20. The molecule has 4 heteroatoms. The molecular formula is C19H24N2O2. The van der Waals surface area contributed by atoms with Gasteiger partial charge in [0.25, 0.3) is 0 Å². The first-order chi connectivity index (χ1) is 11.2. The molecule has 0 aliphatic carbocycles. The van der Waals surface area contributed by atoms with E-state index in [4.69, 9.17) is 15.2 Å². The van der Waals surface area contributed by atoms with Crippen LogP contribution >= 0.6 is 0 Å². The maximum Gasteiger partial charge on any atom is 0.161 e. The van der Waals surface area contributed by atoms with Crippen LogP contribution in [-0.2, 0) is 6.54 Å². The Bertz CT molecular complexity index is 645. The van der Waals surface area contributed by atoms with Gasteiger partial charge in [0.05, 0.1) is 0 Å². The number of anilines is 1. The monoisotopic (exact) mass is 312 g/mol. The maximum atomic E-state index is 6.08. The van der Waals surface area contributed by atoms with E-state index >= 15 is 0 Å². The van der Waals surface area contributed by atoms with Gasteiger partial charge in [-0.15, -0.1) is 0 Å². The van der Waals surface area contributed by atoms with Crippen molar-refractivity contribution in [2.24, 2.45) is 0 Å². The van der Waals surface area contributed by atoms with Crippen molar-refractivity contribution in [2.75, 3.05) is 25.4 Å². The normalized spacial score (nSPS) is 16.5. The Hall–Kier alpha value is -2.20. The Morgan fingerprint density at radius 1 is 1.13 bits per heavy atom. The SMILES string of the molecule is CCCN(Cc1cccc(N)c1)CC1COc2ccccc2O1. The highest BCUT2D eigenvalue weighted by molar-refractivity contribution is 5.41. The largest absolute Gasteiger partial charge is 0.486 e. The highest BCUT2D eigenvalue weighted by Crippen LogP contribution is 2.31. The number of ether oxygens (including phenoxy) is 2. The number of hydrogen-bond acceptors (Lipinski definition) is 4. The second-order valence-corrected chi connectivity index (χ2v) is 5.98. The third-order valence-corrected chi connectivity index (χ3v) is 3.93. The van der Waals surface area contributed by atoms with Crippen molar-refractivity contribution in [1.82, 2.24) is 4.90 Å². The minimum absolute atomic E-state index is 0.0532. The summed E-state index contributed by atoms with van der Waals surface area (Å²) in [5.41, 5.74) is 7.92. The van der Waals surface area contributed by atoms with E-state index in [-0.39, 0.29) is 6.10 Å². The molecule has 122 valence electrons. The Kier molecular flexibility index (Phi) is 5.03. The first-order valence-corrected chi connectivity index (χ1v) is 8.20. The Morgan fingerprint density at radius 3 is 2.74 bits per heavy atom. The van der Waals surface area contributed by atoms with Gasteiger partial charge in [0.1, 0.15) is 12.7 Å². The average molecular weight is 312 g/mol. The lowest BCUT2D eigenvalue weighted by atomic mass is 10.1. The van der Waals surface area contributed by atoms with Crippen LogP contribution < -0.4 is 15.2 Å². The number of para-hydroxylation sites is 2. The van der Waals surface area contributed by atoms with Gasteiger partial charge in [0.15, 0.2) is 11.5 Å². The summed E-state index contributed by atoms with van der Waals surface area (Å²) in [5, 5.41) is 0. The fourth-order valence-corrected chi connectivity index (χ4v) is 2.94. The van der Waals surface area contributed by atoms with Crippen LogP contribution in [0.25, 0.3) is 0 Å². The number of hydrogen-bond donors (Lipinski definition) is 1. The lowest BCUT2D eigenvalue weighted by Gasteiger charge is -2.31. The summed E-state index contributed by atoms with van der Waals surface area (Å²) in [6.07, 6.45) is 1.16. The van der Waals surface area contributed by atoms with Crippen molar-refractivity contribution in [1.29, 1.82) is 0 Å². The highest BCUT2D eigenvalue weighted by Gasteiger charge is 2.22. The quantitative estimate of drug-likeness (QED) is 0.831. The van der Waals surface area contributed by atoms with E-state index in [1.54, 1.807) is 0 Å². The molecule has 2 aromatic carbocycles. The Balaban J connectivity index is 1.64. The van der Waals surface area contributed by atoms with Crippen molar-refractivity contribution in [3.8, 4) is 11.5 Å². The summed E-state index contributed by atoms with van der Waals surface area (Å²) in [6, 6.07) is 15.9. The maximum absolute atomic E-state index is 6.08. The first kappa shape index (κ1) is 15.7. The van der Waals surface area contributed by atoms with E-state index < -0.39 is 0 Å². The van der Waals surface area contributed by atoms with E-state index in [0.29, 0.717) is 6.61 Å². The number of fused-ring (bicyclic) bond motifs is 1. The molecule has 0 saturated heterocycles. The fourth-order valence-electron chi connectivity index (χ4n) is 2.94. The molecule has 3 rings (SSSR count). The predicted octanol–water partition coefficient (Wildman–Crippen LogP) is 3.32. The molecule has 0 bridgehead atoms. The van der Waals surface area contributed by atoms with E-state index in [0.717, 1.165) is 43.2 Å². The second-order valence-electron chi connectivity index (χ2n) is 5.98. The molecule has 1 unspecified atom stereocenters. The summed E-state index contributed by atoms with van der Waals surface area (Å²) < 4.78 is 11.9. The van der Waals surface area contributed by atoms with Crippen molar-refractivity contribution in [3.05, 3.63) is 54.1 Å². The number of nitrogen functional groups attached to an aromatic ring is 1. The van der Waals surface area contributed by atoms with E-state index in [2.05, 4.69) is 17.9 Å². The third-order valence-electron chi connectivity index (χ3n) is 3.93. The molecule has 1 atom stereocenters. The van der Waals surface area contributed by atoms with Crippen molar-refractivity contribution in [3.63, 3.8) is 0 Å². The van der Waals surface area contributed by atoms with Gasteiger partial charge in [0.2, 0.25) is 0 Å². The van der Waals surface area contributed by atoms with E-state index in [1.807, 2.05) is 42.5 Å². The van der Waals surface area contributed by atoms with Crippen molar-refractivity contribution in [2.45, 2.75) is 26.0 Å². The van der Waals surface area contributed by atoms with Crippen LogP contribution in [-0.4, -0.2) is 30.7 Å². The number of nitrogens with two attached hydrogens (primary N) is 1. The molecular weight excluding hydrogens is 288 g/mol. The number of nitrogens with zero attached hydrogens (tertiary/aromatic N) is 1. The zero-order valence-electron chi connectivity index (χ0n) is 13.6. The molecule has 0 radical (unpaired) electrons. The van der Waals surface area contributed by atoms with Gasteiger partial charge in [-0.2, -0.15) is 0 Å².